The van der Waals surface area contributed by atoms with Crippen molar-refractivity contribution >= 4 is 11.6 Å². The number of rotatable bonds is 3. The second-order valence-corrected chi connectivity index (χ2v) is 4.90. The maximum atomic E-state index is 5.79. The number of hydrogen-bond donors (Lipinski definition) is 0. The van der Waals surface area contributed by atoms with Crippen molar-refractivity contribution in [3.8, 4) is 0 Å². The molecule has 2 nitrogen and oxygen atoms in total. The molecule has 3 heteroatoms. The first-order valence-electron chi connectivity index (χ1n) is 4.81. The van der Waals surface area contributed by atoms with Gasteiger partial charge in [0.05, 0.1) is 11.2 Å². The molecule has 0 atom stereocenters. The highest BCUT2D eigenvalue weighted by Gasteiger charge is 2.48. The highest BCUT2D eigenvalue weighted by Crippen LogP contribution is 2.39. The van der Waals surface area contributed by atoms with E-state index in [1.54, 1.807) is 0 Å². The van der Waals surface area contributed by atoms with E-state index in [1.807, 2.05) is 0 Å². The first-order chi connectivity index (χ1) is 5.89. The third-order valence-electron chi connectivity index (χ3n) is 2.88. The van der Waals surface area contributed by atoms with Gasteiger partial charge in [-0.1, -0.05) is 0 Å². The summed E-state index contributed by atoms with van der Waals surface area (Å²) in [6, 6.07) is 0. The van der Waals surface area contributed by atoms with E-state index in [0.717, 1.165) is 12.8 Å². The van der Waals surface area contributed by atoms with Crippen LogP contribution < -0.4 is 0 Å². The van der Waals surface area contributed by atoms with Crippen LogP contribution in [0.3, 0.4) is 0 Å². The van der Waals surface area contributed by atoms with Crippen molar-refractivity contribution in [2.24, 2.45) is 0 Å². The Balaban J connectivity index is 2.50. The van der Waals surface area contributed by atoms with E-state index >= 15 is 0 Å². The Morgan fingerprint density at radius 2 is 1.54 bits per heavy atom. The maximum absolute atomic E-state index is 5.79. The molecule has 1 heterocycles. The zero-order valence-electron chi connectivity index (χ0n) is 8.89. The van der Waals surface area contributed by atoms with Crippen LogP contribution in [0.2, 0.25) is 0 Å². The Bertz CT molecular complexity index is 162. The van der Waals surface area contributed by atoms with Gasteiger partial charge in [0.2, 0.25) is 0 Å². The van der Waals surface area contributed by atoms with Crippen molar-refractivity contribution in [3.63, 3.8) is 0 Å². The molecule has 1 aliphatic heterocycles. The van der Waals surface area contributed by atoms with Crippen LogP contribution in [0.4, 0.5) is 0 Å². The first kappa shape index (κ1) is 11.3. The van der Waals surface area contributed by atoms with Gasteiger partial charge < -0.3 is 9.47 Å². The summed E-state index contributed by atoms with van der Waals surface area (Å²) in [6.07, 6.45) is 1.75. The molecule has 1 saturated heterocycles. The standard InChI is InChI=1S/C10H19ClO2/c1-9(2)10(3,4)13-8(12-9)6-5-7-11/h8H,5-7H2,1-4H3. The third kappa shape index (κ3) is 2.36. The molecule has 0 N–H and O–H groups in total. The van der Waals surface area contributed by atoms with Crippen LogP contribution in [0, 0.1) is 0 Å². The second-order valence-electron chi connectivity index (χ2n) is 4.52. The topological polar surface area (TPSA) is 18.5 Å². The number of hydrogen-bond acceptors (Lipinski definition) is 2. The number of halogens is 1. The summed E-state index contributed by atoms with van der Waals surface area (Å²) in [5, 5.41) is 0. The van der Waals surface area contributed by atoms with Gasteiger partial charge in [-0.25, -0.2) is 0 Å². The minimum absolute atomic E-state index is 0.0799. The van der Waals surface area contributed by atoms with Gasteiger partial charge in [-0.3, -0.25) is 0 Å². The minimum Gasteiger partial charge on any atom is -0.344 e. The minimum atomic E-state index is -0.204. The summed E-state index contributed by atoms with van der Waals surface area (Å²) in [6.45, 7) is 8.25. The summed E-state index contributed by atoms with van der Waals surface area (Å²) in [5.41, 5.74) is -0.409. The van der Waals surface area contributed by atoms with Gasteiger partial charge in [0.25, 0.3) is 0 Å². The Hall–Kier alpha value is 0.210. The zero-order chi connectivity index (χ0) is 10.1. The molecule has 0 aliphatic carbocycles. The fraction of sp³-hybridized carbons (Fsp3) is 1.00. The van der Waals surface area contributed by atoms with Crippen LogP contribution in [-0.4, -0.2) is 23.4 Å². The lowest BCUT2D eigenvalue weighted by Crippen LogP contribution is -2.41. The predicted molar refractivity (Wildman–Crippen MR) is 54.1 cm³/mol. The number of ether oxygens (including phenoxy) is 2. The molecule has 0 bridgehead atoms. The molecule has 1 aliphatic rings. The fourth-order valence-electron chi connectivity index (χ4n) is 1.33. The third-order valence-corrected chi connectivity index (χ3v) is 3.14. The van der Waals surface area contributed by atoms with Crippen LogP contribution >= 0.6 is 11.6 Å². The molecular weight excluding hydrogens is 188 g/mol. The highest BCUT2D eigenvalue weighted by atomic mass is 35.5. The Labute approximate surface area is 85.5 Å². The maximum Gasteiger partial charge on any atom is 0.159 e. The average Bonchev–Trinajstić information content (AvgIpc) is 2.17. The molecule has 78 valence electrons. The zero-order valence-corrected chi connectivity index (χ0v) is 9.65. The lowest BCUT2D eigenvalue weighted by molar-refractivity contribution is -0.0902. The molecule has 1 rings (SSSR count). The van der Waals surface area contributed by atoms with Crippen LogP contribution in [0.5, 0.6) is 0 Å². The van der Waals surface area contributed by atoms with Crippen LogP contribution in [-0.2, 0) is 9.47 Å². The lowest BCUT2D eigenvalue weighted by Gasteiger charge is -2.30. The molecule has 0 aromatic rings. The molecule has 0 radical (unpaired) electrons. The Morgan fingerprint density at radius 1 is 1.08 bits per heavy atom. The van der Waals surface area contributed by atoms with Gasteiger partial charge in [-0.15, -0.1) is 11.6 Å². The van der Waals surface area contributed by atoms with Crippen LogP contribution in [0.1, 0.15) is 40.5 Å². The fourth-order valence-corrected chi connectivity index (χ4v) is 1.48. The van der Waals surface area contributed by atoms with E-state index < -0.39 is 0 Å². The van der Waals surface area contributed by atoms with E-state index in [4.69, 9.17) is 21.1 Å². The van der Waals surface area contributed by atoms with Crippen LogP contribution in [0.25, 0.3) is 0 Å². The molecule has 0 amide bonds. The van der Waals surface area contributed by atoms with E-state index in [9.17, 15) is 0 Å². The van der Waals surface area contributed by atoms with Crippen molar-refractivity contribution in [1.29, 1.82) is 0 Å². The number of alkyl halides is 1. The van der Waals surface area contributed by atoms with Crippen molar-refractivity contribution in [1.82, 2.24) is 0 Å². The van der Waals surface area contributed by atoms with E-state index in [2.05, 4.69) is 27.7 Å². The van der Waals surface area contributed by atoms with Crippen molar-refractivity contribution in [2.75, 3.05) is 5.88 Å². The van der Waals surface area contributed by atoms with Gasteiger partial charge in [0, 0.05) is 5.88 Å². The smallest absolute Gasteiger partial charge is 0.159 e. The van der Waals surface area contributed by atoms with Gasteiger partial charge in [-0.2, -0.15) is 0 Å². The van der Waals surface area contributed by atoms with Gasteiger partial charge in [0.1, 0.15) is 0 Å². The molecule has 0 aromatic heterocycles. The molecule has 1 fully saturated rings. The van der Waals surface area contributed by atoms with Crippen molar-refractivity contribution < 1.29 is 9.47 Å². The quantitative estimate of drug-likeness (QED) is 0.662. The molecular formula is C10H19ClO2. The summed E-state index contributed by atoms with van der Waals surface area (Å²) < 4.78 is 11.6. The largest absolute Gasteiger partial charge is 0.344 e. The van der Waals surface area contributed by atoms with E-state index in [-0.39, 0.29) is 17.5 Å². The SMILES string of the molecule is CC1(C)OC(CCCCl)OC1(C)C. The van der Waals surface area contributed by atoms with Gasteiger partial charge in [0.15, 0.2) is 6.29 Å². The molecule has 0 spiro atoms. The molecule has 0 unspecified atom stereocenters. The second kappa shape index (κ2) is 3.76. The average molecular weight is 207 g/mol. The monoisotopic (exact) mass is 206 g/mol. The Morgan fingerprint density at radius 3 is 1.92 bits per heavy atom. The summed E-state index contributed by atoms with van der Waals surface area (Å²) in [4.78, 5) is 0. The van der Waals surface area contributed by atoms with Crippen LogP contribution in [0.15, 0.2) is 0 Å². The van der Waals surface area contributed by atoms with Gasteiger partial charge >= 0.3 is 0 Å². The summed E-state index contributed by atoms with van der Waals surface area (Å²) in [5.74, 6) is 0.671. The first-order valence-corrected chi connectivity index (χ1v) is 5.34. The normalized spacial score (nSPS) is 26.5. The summed E-state index contributed by atoms with van der Waals surface area (Å²) >= 11 is 5.61. The highest BCUT2D eigenvalue weighted by molar-refractivity contribution is 6.17. The van der Waals surface area contributed by atoms with Crippen molar-refractivity contribution in [3.05, 3.63) is 0 Å². The van der Waals surface area contributed by atoms with Crippen molar-refractivity contribution in [2.45, 2.75) is 58.0 Å². The van der Waals surface area contributed by atoms with E-state index in [0.29, 0.717) is 5.88 Å². The van der Waals surface area contributed by atoms with Gasteiger partial charge in [-0.05, 0) is 40.5 Å². The lowest BCUT2D eigenvalue weighted by atomic mass is 9.90. The Kier molecular flexibility index (Phi) is 3.26. The molecule has 0 aromatic carbocycles. The van der Waals surface area contributed by atoms with E-state index in [1.165, 1.54) is 0 Å². The predicted octanol–water partition coefficient (Wildman–Crippen LogP) is 2.94. The summed E-state index contributed by atoms with van der Waals surface area (Å²) in [7, 11) is 0. The molecule has 13 heavy (non-hydrogen) atoms. The molecule has 0 saturated carbocycles.